The molecule has 0 spiro atoms. The summed E-state index contributed by atoms with van der Waals surface area (Å²) >= 11 is 0. The number of nitrogens with zero attached hydrogens (tertiary/aromatic N) is 4. The Kier molecular flexibility index (Phi) is 4.03. The summed E-state index contributed by atoms with van der Waals surface area (Å²) in [5.74, 6) is 0.649. The predicted octanol–water partition coefficient (Wildman–Crippen LogP) is 1.63. The van der Waals surface area contributed by atoms with Crippen LogP contribution in [-0.4, -0.2) is 55.9 Å². The molecule has 1 aromatic carbocycles. The third-order valence-corrected chi connectivity index (χ3v) is 4.85. The molecule has 3 aromatic rings. The number of phenols is 1. The molecule has 0 aliphatic carbocycles. The number of aromatic nitrogens is 3. The van der Waals surface area contributed by atoms with Gasteiger partial charge in [-0.05, 0) is 24.1 Å². The Bertz CT molecular complexity index is 908. The van der Waals surface area contributed by atoms with E-state index in [1.807, 2.05) is 12.1 Å². The number of hydrogen-bond donors (Lipinski definition) is 3. The van der Waals surface area contributed by atoms with E-state index in [0.29, 0.717) is 12.4 Å². The van der Waals surface area contributed by atoms with Gasteiger partial charge < -0.3 is 20.5 Å². The van der Waals surface area contributed by atoms with Crippen LogP contribution >= 0.6 is 0 Å². The second kappa shape index (κ2) is 6.34. The van der Waals surface area contributed by atoms with E-state index >= 15 is 0 Å². The van der Waals surface area contributed by atoms with Gasteiger partial charge in [0.25, 0.3) is 0 Å². The van der Waals surface area contributed by atoms with Crippen LogP contribution in [0.1, 0.15) is 12.5 Å². The molecule has 1 aliphatic heterocycles. The van der Waals surface area contributed by atoms with E-state index in [0.717, 1.165) is 41.7 Å². The molecule has 0 saturated carbocycles. The van der Waals surface area contributed by atoms with Gasteiger partial charge in [0.1, 0.15) is 23.5 Å². The van der Waals surface area contributed by atoms with E-state index in [1.165, 1.54) is 6.33 Å². The zero-order valence-corrected chi connectivity index (χ0v) is 13.8. The first-order valence-corrected chi connectivity index (χ1v) is 8.41. The van der Waals surface area contributed by atoms with Crippen molar-refractivity contribution in [3.8, 4) is 16.9 Å². The zero-order valence-electron chi connectivity index (χ0n) is 13.8. The topological polar surface area (TPSA) is 100 Å². The maximum Gasteiger partial charge on any atom is 0.146 e. The van der Waals surface area contributed by atoms with Gasteiger partial charge in [-0.25, -0.2) is 9.97 Å². The van der Waals surface area contributed by atoms with Crippen LogP contribution in [0, 0.1) is 0 Å². The first kappa shape index (κ1) is 15.9. The number of anilines is 1. The highest BCUT2D eigenvalue weighted by molar-refractivity contribution is 6.00. The van der Waals surface area contributed by atoms with Crippen LogP contribution in [0.5, 0.6) is 5.75 Å². The zero-order chi connectivity index (χ0) is 17.4. The molecule has 4 N–H and O–H groups in total. The molecule has 2 aromatic heterocycles. The van der Waals surface area contributed by atoms with Crippen LogP contribution in [0.25, 0.3) is 22.2 Å². The van der Waals surface area contributed by atoms with Gasteiger partial charge in [0.15, 0.2) is 0 Å². The van der Waals surface area contributed by atoms with Gasteiger partial charge in [0, 0.05) is 37.4 Å². The number of rotatable bonds is 4. The summed E-state index contributed by atoms with van der Waals surface area (Å²) in [4.78, 5) is 10.9. The number of benzene rings is 1. The van der Waals surface area contributed by atoms with Crippen molar-refractivity contribution in [3.05, 3.63) is 36.8 Å². The third-order valence-electron chi connectivity index (χ3n) is 4.85. The van der Waals surface area contributed by atoms with Crippen LogP contribution in [0.2, 0.25) is 0 Å². The summed E-state index contributed by atoms with van der Waals surface area (Å²) in [6.45, 7) is 2.68. The van der Waals surface area contributed by atoms with Gasteiger partial charge in [-0.3, -0.25) is 4.90 Å². The molecule has 0 radical (unpaired) electrons. The van der Waals surface area contributed by atoms with Crippen molar-refractivity contribution in [1.82, 2.24) is 19.4 Å². The lowest BCUT2D eigenvalue weighted by atomic mass is 10.1. The van der Waals surface area contributed by atoms with E-state index in [4.69, 9.17) is 10.8 Å². The van der Waals surface area contributed by atoms with Gasteiger partial charge in [-0.2, -0.15) is 0 Å². The summed E-state index contributed by atoms with van der Waals surface area (Å²) in [7, 11) is 0. The Balaban J connectivity index is 1.83. The molecular weight excluding hydrogens is 318 g/mol. The fourth-order valence-corrected chi connectivity index (χ4v) is 3.66. The lowest BCUT2D eigenvalue weighted by Crippen LogP contribution is -2.24. The molecule has 1 atom stereocenters. The molecule has 7 heteroatoms. The molecule has 1 unspecified atom stereocenters. The number of phenolic OH excluding ortho intramolecular Hbond substituents is 1. The van der Waals surface area contributed by atoms with Crippen molar-refractivity contribution >= 4 is 16.9 Å². The highest BCUT2D eigenvalue weighted by Gasteiger charge is 2.26. The second-order valence-electron chi connectivity index (χ2n) is 6.42. The molecule has 4 rings (SSSR count). The van der Waals surface area contributed by atoms with Gasteiger partial charge >= 0.3 is 0 Å². The minimum absolute atomic E-state index is 0.169. The first-order valence-electron chi connectivity index (χ1n) is 8.41. The minimum Gasteiger partial charge on any atom is -0.508 e. The number of nitrogen functional groups attached to an aromatic ring is 1. The minimum atomic E-state index is 0.169. The van der Waals surface area contributed by atoms with E-state index in [-0.39, 0.29) is 18.4 Å². The van der Waals surface area contributed by atoms with Gasteiger partial charge in [0.2, 0.25) is 0 Å². The van der Waals surface area contributed by atoms with Crippen molar-refractivity contribution in [2.45, 2.75) is 12.5 Å². The number of likely N-dealkylation sites (tertiary alicyclic amines) is 1. The Hall–Kier alpha value is -2.64. The molecule has 3 heterocycles. The Labute approximate surface area is 145 Å². The number of aliphatic hydroxyl groups excluding tert-OH is 1. The molecule has 130 valence electrons. The van der Waals surface area contributed by atoms with Crippen molar-refractivity contribution in [1.29, 1.82) is 0 Å². The maximum absolute atomic E-state index is 9.83. The van der Waals surface area contributed by atoms with Crippen molar-refractivity contribution in [2.24, 2.45) is 0 Å². The van der Waals surface area contributed by atoms with E-state index in [2.05, 4.69) is 25.6 Å². The Morgan fingerprint density at radius 3 is 2.96 bits per heavy atom. The average Bonchev–Trinajstić information content (AvgIpc) is 3.20. The van der Waals surface area contributed by atoms with Crippen molar-refractivity contribution in [2.75, 3.05) is 32.0 Å². The van der Waals surface area contributed by atoms with Gasteiger partial charge in [-0.1, -0.05) is 12.1 Å². The molecule has 0 amide bonds. The first-order chi connectivity index (χ1) is 12.2. The summed E-state index contributed by atoms with van der Waals surface area (Å²) in [6, 6.07) is 7.39. The molecule has 1 aliphatic rings. The number of β-amino-alcohol motifs (C(OH)–C–C–N with tert-alkyl or cyclic N) is 1. The molecular formula is C18H21N5O2. The SMILES string of the molecule is Nc1ncnc2c1c(-c1cccc(O)c1)cn2C1CCN(CCO)C1. The number of aliphatic hydroxyl groups is 1. The summed E-state index contributed by atoms with van der Waals surface area (Å²) < 4.78 is 2.16. The predicted molar refractivity (Wildman–Crippen MR) is 96.2 cm³/mol. The third kappa shape index (κ3) is 2.81. The quantitative estimate of drug-likeness (QED) is 0.668. The summed E-state index contributed by atoms with van der Waals surface area (Å²) in [5, 5.41) is 19.8. The lowest BCUT2D eigenvalue weighted by Gasteiger charge is -2.16. The van der Waals surface area contributed by atoms with Crippen LogP contribution in [-0.2, 0) is 0 Å². The van der Waals surface area contributed by atoms with Crippen LogP contribution in [0.15, 0.2) is 36.8 Å². The van der Waals surface area contributed by atoms with Crippen molar-refractivity contribution < 1.29 is 10.2 Å². The van der Waals surface area contributed by atoms with E-state index < -0.39 is 0 Å². The largest absolute Gasteiger partial charge is 0.508 e. The summed E-state index contributed by atoms with van der Waals surface area (Å²) in [5.41, 5.74) is 8.76. The molecule has 25 heavy (non-hydrogen) atoms. The second-order valence-corrected chi connectivity index (χ2v) is 6.42. The normalized spacial score (nSPS) is 18.2. The van der Waals surface area contributed by atoms with E-state index in [9.17, 15) is 5.11 Å². The lowest BCUT2D eigenvalue weighted by molar-refractivity contribution is 0.218. The van der Waals surface area contributed by atoms with Gasteiger partial charge in [-0.15, -0.1) is 0 Å². The van der Waals surface area contributed by atoms with Crippen molar-refractivity contribution in [3.63, 3.8) is 0 Å². The molecule has 1 saturated heterocycles. The molecule has 1 fully saturated rings. The number of fused-ring (bicyclic) bond motifs is 1. The number of aromatic hydroxyl groups is 1. The smallest absolute Gasteiger partial charge is 0.146 e. The highest BCUT2D eigenvalue weighted by atomic mass is 16.3. The van der Waals surface area contributed by atoms with Gasteiger partial charge in [0.05, 0.1) is 12.0 Å². The van der Waals surface area contributed by atoms with E-state index in [1.54, 1.807) is 12.1 Å². The monoisotopic (exact) mass is 339 g/mol. The maximum atomic E-state index is 9.83. The van der Waals surface area contributed by atoms with Crippen LogP contribution < -0.4 is 5.73 Å². The number of nitrogens with two attached hydrogens (primary N) is 1. The average molecular weight is 339 g/mol. The fraction of sp³-hybridized carbons (Fsp3) is 0.333. The highest BCUT2D eigenvalue weighted by Crippen LogP contribution is 2.36. The molecule has 0 bridgehead atoms. The van der Waals surface area contributed by atoms with Crippen LogP contribution in [0.3, 0.4) is 0 Å². The fourth-order valence-electron chi connectivity index (χ4n) is 3.66. The molecule has 7 nitrogen and oxygen atoms in total. The summed E-state index contributed by atoms with van der Waals surface area (Å²) in [6.07, 6.45) is 4.53. The Morgan fingerprint density at radius 2 is 2.16 bits per heavy atom. The number of hydrogen-bond acceptors (Lipinski definition) is 6. The van der Waals surface area contributed by atoms with Crippen LogP contribution in [0.4, 0.5) is 5.82 Å². The Morgan fingerprint density at radius 1 is 1.28 bits per heavy atom. The standard InChI is InChI=1S/C18H21N5O2/c19-17-16-15(12-2-1-3-14(25)8-12)10-23(18(16)21-11-20-17)13-4-5-22(9-13)6-7-24/h1-3,8,10-11,13,24-25H,4-7,9H2,(H2,19,20,21).